The minimum atomic E-state index is -0.0410. The number of carbonyl (C=O) groups is 1. The van der Waals surface area contributed by atoms with Crippen LogP contribution in [0, 0.1) is 0 Å². The van der Waals surface area contributed by atoms with Crippen molar-refractivity contribution in [3.8, 4) is 0 Å². The van der Waals surface area contributed by atoms with Crippen LogP contribution in [0.5, 0.6) is 0 Å². The maximum absolute atomic E-state index is 12.1. The zero-order valence-corrected chi connectivity index (χ0v) is 10.2. The maximum atomic E-state index is 12.1. The zero-order chi connectivity index (χ0) is 12.4. The molecule has 1 saturated heterocycles. The van der Waals surface area contributed by atoms with E-state index in [9.17, 15) is 4.79 Å². The molecule has 2 aromatic rings. The highest BCUT2D eigenvalue weighted by atomic mass is 16.2. The van der Waals surface area contributed by atoms with Gasteiger partial charge in [-0.2, -0.15) is 0 Å². The van der Waals surface area contributed by atoms with Gasteiger partial charge in [-0.3, -0.25) is 4.79 Å². The van der Waals surface area contributed by atoms with E-state index in [4.69, 9.17) is 0 Å². The fourth-order valence-electron chi connectivity index (χ4n) is 2.44. The predicted octanol–water partition coefficient (Wildman–Crippen LogP) is 2.25. The van der Waals surface area contributed by atoms with E-state index in [0.717, 1.165) is 36.0 Å². The van der Waals surface area contributed by atoms with Gasteiger partial charge < -0.3 is 15.6 Å². The maximum Gasteiger partial charge on any atom is 0.241 e. The number of hydrogen-bond acceptors (Lipinski definition) is 2. The van der Waals surface area contributed by atoms with Crippen LogP contribution in [0.2, 0.25) is 0 Å². The number of H-pyrrole nitrogens is 1. The van der Waals surface area contributed by atoms with Gasteiger partial charge in [0.2, 0.25) is 5.91 Å². The molecule has 94 valence electrons. The fraction of sp³-hybridized carbons (Fsp3) is 0.357. The molecule has 1 aromatic heterocycles. The Labute approximate surface area is 106 Å². The lowest BCUT2D eigenvalue weighted by Gasteiger charge is -2.22. The van der Waals surface area contributed by atoms with Crippen LogP contribution in [0.4, 0.5) is 5.69 Å². The fourth-order valence-corrected chi connectivity index (χ4v) is 2.44. The minimum Gasteiger partial charge on any atom is -0.361 e. The quantitative estimate of drug-likeness (QED) is 0.757. The second-order valence-corrected chi connectivity index (χ2v) is 4.77. The van der Waals surface area contributed by atoms with E-state index in [1.807, 2.05) is 30.5 Å². The Hall–Kier alpha value is -1.81. The SMILES string of the molecule is O=C(Nc1ccc2[nH]ccc2c1)C1CCCCN1. The van der Waals surface area contributed by atoms with E-state index < -0.39 is 0 Å². The van der Waals surface area contributed by atoms with Crippen LogP contribution >= 0.6 is 0 Å². The molecule has 0 saturated carbocycles. The van der Waals surface area contributed by atoms with Crippen LogP contribution in [0.25, 0.3) is 10.9 Å². The summed E-state index contributed by atoms with van der Waals surface area (Å²) in [7, 11) is 0. The highest BCUT2D eigenvalue weighted by Gasteiger charge is 2.20. The Kier molecular flexibility index (Phi) is 3.02. The summed E-state index contributed by atoms with van der Waals surface area (Å²) in [4.78, 5) is 15.2. The van der Waals surface area contributed by atoms with Crippen LogP contribution in [-0.2, 0) is 4.79 Å². The van der Waals surface area contributed by atoms with Gasteiger partial charge in [0.1, 0.15) is 0 Å². The van der Waals surface area contributed by atoms with Gasteiger partial charge >= 0.3 is 0 Å². The number of amides is 1. The number of piperidine rings is 1. The lowest BCUT2D eigenvalue weighted by molar-refractivity contribution is -0.118. The van der Waals surface area contributed by atoms with Crippen molar-refractivity contribution in [2.75, 3.05) is 11.9 Å². The summed E-state index contributed by atoms with van der Waals surface area (Å²) in [5, 5.41) is 7.35. The van der Waals surface area contributed by atoms with Gasteiger partial charge in [-0.25, -0.2) is 0 Å². The van der Waals surface area contributed by atoms with Gasteiger partial charge in [0, 0.05) is 22.8 Å². The highest BCUT2D eigenvalue weighted by molar-refractivity contribution is 5.96. The summed E-state index contributed by atoms with van der Waals surface area (Å²) in [6.07, 6.45) is 5.12. The number of nitrogens with one attached hydrogen (secondary N) is 3. The van der Waals surface area contributed by atoms with Gasteiger partial charge in [0.05, 0.1) is 6.04 Å². The molecule has 0 spiro atoms. The summed E-state index contributed by atoms with van der Waals surface area (Å²) in [5.41, 5.74) is 1.95. The molecule has 1 aliphatic rings. The monoisotopic (exact) mass is 243 g/mol. The molecule has 1 fully saturated rings. The Balaban J connectivity index is 1.72. The van der Waals surface area contributed by atoms with E-state index in [0.29, 0.717) is 0 Å². The number of benzene rings is 1. The first kappa shape index (κ1) is 11.3. The molecular formula is C14H17N3O. The largest absolute Gasteiger partial charge is 0.361 e. The first-order valence-corrected chi connectivity index (χ1v) is 6.44. The number of anilines is 1. The Morgan fingerprint density at radius 2 is 2.22 bits per heavy atom. The van der Waals surface area contributed by atoms with E-state index >= 15 is 0 Å². The van der Waals surface area contributed by atoms with Gasteiger partial charge in [-0.1, -0.05) is 6.42 Å². The zero-order valence-electron chi connectivity index (χ0n) is 10.2. The molecule has 4 nitrogen and oxygen atoms in total. The third-order valence-corrected chi connectivity index (χ3v) is 3.45. The number of carbonyl (C=O) groups excluding carboxylic acids is 1. The average Bonchev–Trinajstić information content (AvgIpc) is 2.87. The van der Waals surface area contributed by atoms with Gasteiger partial charge in [-0.15, -0.1) is 0 Å². The molecule has 0 aliphatic carbocycles. The summed E-state index contributed by atoms with van der Waals surface area (Å²) < 4.78 is 0. The first-order valence-electron chi connectivity index (χ1n) is 6.44. The van der Waals surface area contributed by atoms with E-state index in [1.165, 1.54) is 6.42 Å². The van der Waals surface area contributed by atoms with Crippen LogP contribution in [0.1, 0.15) is 19.3 Å². The summed E-state index contributed by atoms with van der Waals surface area (Å²) in [6.45, 7) is 0.939. The molecule has 4 heteroatoms. The molecule has 18 heavy (non-hydrogen) atoms. The molecule has 3 rings (SSSR count). The predicted molar refractivity (Wildman–Crippen MR) is 72.6 cm³/mol. The van der Waals surface area contributed by atoms with E-state index in [-0.39, 0.29) is 11.9 Å². The lowest BCUT2D eigenvalue weighted by atomic mass is 10.0. The Morgan fingerprint density at radius 1 is 1.28 bits per heavy atom. The molecular weight excluding hydrogens is 226 g/mol. The molecule has 1 atom stereocenters. The van der Waals surface area contributed by atoms with Gasteiger partial charge in [-0.05, 0) is 43.7 Å². The Bertz CT molecular complexity index is 555. The van der Waals surface area contributed by atoms with Crippen LogP contribution in [0.3, 0.4) is 0 Å². The van der Waals surface area contributed by atoms with E-state index in [1.54, 1.807) is 0 Å². The van der Waals surface area contributed by atoms with Gasteiger partial charge in [0.25, 0.3) is 0 Å². The highest BCUT2D eigenvalue weighted by Crippen LogP contribution is 2.18. The molecule has 0 radical (unpaired) electrons. The summed E-state index contributed by atoms with van der Waals surface area (Å²) >= 11 is 0. The number of fused-ring (bicyclic) bond motifs is 1. The van der Waals surface area contributed by atoms with E-state index in [2.05, 4.69) is 15.6 Å². The number of aromatic amines is 1. The second kappa shape index (κ2) is 4.82. The van der Waals surface area contributed by atoms with Crippen molar-refractivity contribution < 1.29 is 4.79 Å². The van der Waals surface area contributed by atoms with Crippen molar-refractivity contribution in [1.29, 1.82) is 0 Å². The summed E-state index contributed by atoms with van der Waals surface area (Å²) in [6, 6.07) is 7.87. The lowest BCUT2D eigenvalue weighted by Crippen LogP contribution is -2.43. The van der Waals surface area contributed by atoms with Crippen molar-refractivity contribution in [1.82, 2.24) is 10.3 Å². The smallest absolute Gasteiger partial charge is 0.241 e. The van der Waals surface area contributed by atoms with Crippen molar-refractivity contribution in [2.45, 2.75) is 25.3 Å². The molecule has 1 aromatic carbocycles. The third kappa shape index (κ3) is 2.24. The molecule has 1 aliphatic heterocycles. The van der Waals surface area contributed by atoms with Crippen molar-refractivity contribution >= 4 is 22.5 Å². The van der Waals surface area contributed by atoms with Gasteiger partial charge in [0.15, 0.2) is 0 Å². The third-order valence-electron chi connectivity index (χ3n) is 3.45. The topological polar surface area (TPSA) is 56.9 Å². The Morgan fingerprint density at radius 3 is 3.06 bits per heavy atom. The number of rotatable bonds is 2. The average molecular weight is 243 g/mol. The molecule has 2 heterocycles. The number of hydrogen-bond donors (Lipinski definition) is 3. The van der Waals surface area contributed by atoms with Crippen molar-refractivity contribution in [3.05, 3.63) is 30.5 Å². The van der Waals surface area contributed by atoms with Crippen LogP contribution in [-0.4, -0.2) is 23.5 Å². The molecule has 1 amide bonds. The second-order valence-electron chi connectivity index (χ2n) is 4.77. The molecule has 1 unspecified atom stereocenters. The number of aromatic nitrogens is 1. The molecule has 0 bridgehead atoms. The van der Waals surface area contributed by atoms with Crippen LogP contribution < -0.4 is 10.6 Å². The first-order chi connectivity index (χ1) is 8.83. The minimum absolute atomic E-state index is 0.0410. The molecule has 3 N–H and O–H groups in total. The van der Waals surface area contributed by atoms with Crippen molar-refractivity contribution in [2.24, 2.45) is 0 Å². The summed E-state index contributed by atoms with van der Waals surface area (Å²) in [5.74, 6) is 0.0737. The van der Waals surface area contributed by atoms with Crippen molar-refractivity contribution in [3.63, 3.8) is 0 Å². The standard InChI is InChI=1S/C14H17N3O/c18-14(13-3-1-2-7-15-13)17-11-4-5-12-10(9-11)6-8-16-12/h4-6,8-9,13,15-16H,1-3,7H2,(H,17,18). The van der Waals surface area contributed by atoms with Crippen LogP contribution in [0.15, 0.2) is 30.5 Å². The normalized spacial score (nSPS) is 19.9.